The number of rotatable bonds is 4. The SMILES string of the molecule is C[C@H]1Cc2cc(C(O)=C3C(=O)C(=O)N(Cc4ccccc4)[C@H]3c3cccc(Cl)c3)ccc2O1. The molecule has 33 heavy (non-hydrogen) atoms. The molecule has 3 aromatic carbocycles. The molecular formula is C27H22ClNO4. The van der Waals surface area contributed by atoms with E-state index in [4.69, 9.17) is 16.3 Å². The maximum atomic E-state index is 13.2. The van der Waals surface area contributed by atoms with Crippen molar-refractivity contribution < 1.29 is 19.4 Å². The van der Waals surface area contributed by atoms with E-state index < -0.39 is 17.7 Å². The Morgan fingerprint density at radius 1 is 1.06 bits per heavy atom. The molecule has 1 fully saturated rings. The van der Waals surface area contributed by atoms with Crippen molar-refractivity contribution >= 4 is 29.1 Å². The normalized spacial score (nSPS) is 21.2. The summed E-state index contributed by atoms with van der Waals surface area (Å²) in [6.45, 7) is 2.21. The molecule has 0 unspecified atom stereocenters. The van der Waals surface area contributed by atoms with Gasteiger partial charge in [0.2, 0.25) is 0 Å². The number of aliphatic hydroxyl groups excluding tert-OH is 1. The van der Waals surface area contributed by atoms with E-state index >= 15 is 0 Å². The number of likely N-dealkylation sites (tertiary alicyclic amines) is 1. The highest BCUT2D eigenvalue weighted by Crippen LogP contribution is 2.41. The van der Waals surface area contributed by atoms with E-state index in [1.54, 1.807) is 30.3 Å². The third kappa shape index (κ3) is 3.89. The van der Waals surface area contributed by atoms with Crippen LogP contribution in [0.3, 0.4) is 0 Å². The Balaban J connectivity index is 1.64. The Hall–Kier alpha value is -3.57. The lowest BCUT2D eigenvalue weighted by Crippen LogP contribution is -2.29. The van der Waals surface area contributed by atoms with Gasteiger partial charge < -0.3 is 14.7 Å². The lowest BCUT2D eigenvalue weighted by Gasteiger charge is -2.25. The first-order valence-electron chi connectivity index (χ1n) is 10.8. The number of ketones is 1. The molecule has 1 saturated heterocycles. The van der Waals surface area contributed by atoms with Gasteiger partial charge in [-0.15, -0.1) is 0 Å². The zero-order chi connectivity index (χ0) is 23.1. The summed E-state index contributed by atoms with van der Waals surface area (Å²) in [6, 6.07) is 21.1. The number of carbonyl (C=O) groups is 2. The van der Waals surface area contributed by atoms with Crippen LogP contribution in [-0.2, 0) is 22.6 Å². The maximum Gasteiger partial charge on any atom is 0.295 e. The summed E-state index contributed by atoms with van der Waals surface area (Å²) in [6.07, 6.45) is 0.775. The summed E-state index contributed by atoms with van der Waals surface area (Å²) in [5.74, 6) is -0.784. The van der Waals surface area contributed by atoms with Gasteiger partial charge in [-0.2, -0.15) is 0 Å². The average Bonchev–Trinajstić information content (AvgIpc) is 3.30. The molecule has 3 aromatic rings. The standard InChI is InChI=1S/C27H22ClNO4/c1-16-12-20-13-19(10-11-22(20)33-16)25(30)23-24(18-8-5-9-21(28)14-18)29(27(32)26(23)31)15-17-6-3-2-4-7-17/h2-11,13-14,16,24,30H,12,15H2,1H3/t16-,24-/m0/s1. The largest absolute Gasteiger partial charge is 0.507 e. The Kier molecular flexibility index (Phi) is 5.43. The summed E-state index contributed by atoms with van der Waals surface area (Å²) in [5.41, 5.74) is 3.05. The number of aliphatic hydroxyl groups is 1. The predicted octanol–water partition coefficient (Wildman–Crippen LogP) is 5.29. The van der Waals surface area contributed by atoms with Gasteiger partial charge in [0.15, 0.2) is 0 Å². The zero-order valence-corrected chi connectivity index (χ0v) is 18.8. The number of benzene rings is 3. The maximum absolute atomic E-state index is 13.2. The molecule has 0 radical (unpaired) electrons. The van der Waals surface area contributed by atoms with Gasteiger partial charge in [-0.05, 0) is 53.9 Å². The smallest absolute Gasteiger partial charge is 0.295 e. The van der Waals surface area contributed by atoms with Gasteiger partial charge in [-0.3, -0.25) is 9.59 Å². The quantitative estimate of drug-likeness (QED) is 0.327. The second-order valence-electron chi connectivity index (χ2n) is 8.42. The molecule has 2 aliphatic heterocycles. The molecule has 0 bridgehead atoms. The molecule has 166 valence electrons. The molecule has 5 nitrogen and oxygen atoms in total. The third-order valence-corrected chi connectivity index (χ3v) is 6.30. The molecule has 0 saturated carbocycles. The van der Waals surface area contributed by atoms with Crippen LogP contribution in [0, 0.1) is 0 Å². The molecule has 0 spiro atoms. The molecule has 6 heteroatoms. The Bertz CT molecular complexity index is 1280. The number of carbonyl (C=O) groups excluding carboxylic acids is 2. The minimum absolute atomic E-state index is 0.0558. The van der Waals surface area contributed by atoms with Crippen LogP contribution in [0.15, 0.2) is 78.4 Å². The van der Waals surface area contributed by atoms with E-state index in [0.717, 1.165) is 23.3 Å². The topological polar surface area (TPSA) is 66.8 Å². The molecule has 2 atom stereocenters. The number of amides is 1. The van der Waals surface area contributed by atoms with Crippen molar-refractivity contribution in [2.24, 2.45) is 0 Å². The van der Waals surface area contributed by atoms with Gasteiger partial charge in [0, 0.05) is 23.6 Å². The fourth-order valence-electron chi connectivity index (χ4n) is 4.57. The minimum atomic E-state index is -0.757. The first kappa shape index (κ1) is 21.3. The fourth-order valence-corrected chi connectivity index (χ4v) is 4.77. The van der Waals surface area contributed by atoms with Crippen LogP contribution in [0.4, 0.5) is 0 Å². The van der Waals surface area contributed by atoms with Crippen LogP contribution in [0.2, 0.25) is 5.02 Å². The number of hydrogen-bond acceptors (Lipinski definition) is 4. The summed E-state index contributed by atoms with van der Waals surface area (Å²) in [4.78, 5) is 27.8. The van der Waals surface area contributed by atoms with Gasteiger partial charge >= 0.3 is 0 Å². The predicted molar refractivity (Wildman–Crippen MR) is 126 cm³/mol. The Morgan fingerprint density at radius 3 is 2.61 bits per heavy atom. The van der Waals surface area contributed by atoms with Gasteiger partial charge in [0.1, 0.15) is 17.6 Å². The zero-order valence-electron chi connectivity index (χ0n) is 18.0. The van der Waals surface area contributed by atoms with E-state index in [1.165, 1.54) is 4.90 Å². The van der Waals surface area contributed by atoms with Crippen molar-refractivity contribution in [2.75, 3.05) is 0 Å². The van der Waals surface area contributed by atoms with Crippen molar-refractivity contribution in [1.29, 1.82) is 0 Å². The lowest BCUT2D eigenvalue weighted by molar-refractivity contribution is -0.140. The van der Waals surface area contributed by atoms with E-state index in [0.29, 0.717) is 16.1 Å². The second kappa shape index (κ2) is 8.41. The van der Waals surface area contributed by atoms with Crippen molar-refractivity contribution in [3.05, 3.63) is 106 Å². The molecule has 0 aromatic heterocycles. The summed E-state index contributed by atoms with van der Waals surface area (Å²) in [7, 11) is 0. The second-order valence-corrected chi connectivity index (χ2v) is 8.86. The van der Waals surface area contributed by atoms with E-state index in [1.807, 2.05) is 49.4 Å². The molecule has 1 N–H and O–H groups in total. The van der Waals surface area contributed by atoms with Crippen molar-refractivity contribution in [1.82, 2.24) is 4.90 Å². The van der Waals surface area contributed by atoms with Gasteiger partial charge in [0.25, 0.3) is 11.7 Å². The van der Waals surface area contributed by atoms with Gasteiger partial charge in [-0.1, -0.05) is 54.1 Å². The number of nitrogens with zero attached hydrogens (tertiary/aromatic N) is 1. The van der Waals surface area contributed by atoms with Gasteiger partial charge in [-0.25, -0.2) is 0 Å². The van der Waals surface area contributed by atoms with E-state index in [9.17, 15) is 14.7 Å². The van der Waals surface area contributed by atoms with Crippen LogP contribution in [-0.4, -0.2) is 27.8 Å². The Morgan fingerprint density at radius 2 is 1.85 bits per heavy atom. The van der Waals surface area contributed by atoms with Crippen LogP contribution in [0.1, 0.15) is 35.2 Å². The van der Waals surface area contributed by atoms with Crippen molar-refractivity contribution in [3.8, 4) is 5.75 Å². The molecule has 0 aliphatic carbocycles. The molecule has 5 rings (SSSR count). The first-order valence-corrected chi connectivity index (χ1v) is 11.2. The van der Waals surface area contributed by atoms with Crippen LogP contribution >= 0.6 is 11.6 Å². The highest BCUT2D eigenvalue weighted by atomic mass is 35.5. The number of hydrogen-bond donors (Lipinski definition) is 1. The molecular weight excluding hydrogens is 438 g/mol. The molecule has 2 aliphatic rings. The van der Waals surface area contributed by atoms with Crippen LogP contribution < -0.4 is 4.74 Å². The minimum Gasteiger partial charge on any atom is -0.507 e. The highest BCUT2D eigenvalue weighted by Gasteiger charge is 2.46. The average molecular weight is 460 g/mol. The summed E-state index contributed by atoms with van der Waals surface area (Å²) < 4.78 is 5.75. The number of fused-ring (bicyclic) bond motifs is 1. The van der Waals surface area contributed by atoms with Crippen LogP contribution in [0.25, 0.3) is 5.76 Å². The number of ether oxygens (including phenoxy) is 1. The van der Waals surface area contributed by atoms with E-state index in [-0.39, 0.29) is 24.0 Å². The summed E-state index contributed by atoms with van der Waals surface area (Å²) >= 11 is 6.25. The van der Waals surface area contributed by atoms with Crippen molar-refractivity contribution in [2.45, 2.75) is 32.0 Å². The fraction of sp³-hybridized carbons (Fsp3) is 0.185. The van der Waals surface area contributed by atoms with Gasteiger partial charge in [0.05, 0.1) is 11.6 Å². The number of halogens is 1. The van der Waals surface area contributed by atoms with Crippen LogP contribution in [0.5, 0.6) is 5.75 Å². The monoisotopic (exact) mass is 459 g/mol. The highest BCUT2D eigenvalue weighted by molar-refractivity contribution is 6.46. The third-order valence-electron chi connectivity index (χ3n) is 6.07. The summed E-state index contributed by atoms with van der Waals surface area (Å²) in [5, 5.41) is 11.8. The Labute approximate surface area is 196 Å². The molecule has 1 amide bonds. The first-order chi connectivity index (χ1) is 15.9. The van der Waals surface area contributed by atoms with E-state index in [2.05, 4.69) is 0 Å². The van der Waals surface area contributed by atoms with Crippen molar-refractivity contribution in [3.63, 3.8) is 0 Å². The lowest BCUT2D eigenvalue weighted by atomic mass is 9.94. The number of Topliss-reactive ketones (excluding diaryl/α,β-unsaturated/α-hetero) is 1. The molecule has 2 heterocycles.